The summed E-state index contributed by atoms with van der Waals surface area (Å²) < 4.78 is 113. The molecule has 0 radical (unpaired) electrons. The van der Waals surface area contributed by atoms with Gasteiger partial charge in [-0.3, -0.25) is 0 Å². The molecule has 2 aromatic rings. The zero-order chi connectivity index (χ0) is 19.1. The van der Waals surface area contributed by atoms with E-state index in [1.807, 2.05) is 0 Å². The van der Waals surface area contributed by atoms with Crippen molar-refractivity contribution in [1.29, 1.82) is 0 Å². The quantitative estimate of drug-likeness (QED) is 0.560. The van der Waals surface area contributed by atoms with Gasteiger partial charge in [-0.1, -0.05) is 36.4 Å². The standard InChI is InChI=1S/C14H10F6O4S/c15-12(16,14(19,20)25(21,22)23)13(17,18)24-8-9-5-6-10-3-1-2-4-11(10)7-9/h1-7H,8H2,(H,21,22,23)/p-1. The maximum atomic E-state index is 13.4. The van der Waals surface area contributed by atoms with Gasteiger partial charge in [-0.05, 0) is 22.4 Å². The van der Waals surface area contributed by atoms with Crippen LogP contribution in [0.5, 0.6) is 0 Å². The van der Waals surface area contributed by atoms with Crippen LogP contribution in [0.2, 0.25) is 0 Å². The number of rotatable bonds is 6. The predicted octanol–water partition coefficient (Wildman–Crippen LogP) is 3.72. The molecule has 11 heteroatoms. The third-order valence-corrected chi connectivity index (χ3v) is 4.16. The minimum Gasteiger partial charge on any atom is -0.743 e. The highest BCUT2D eigenvalue weighted by atomic mass is 32.2. The van der Waals surface area contributed by atoms with Crippen molar-refractivity contribution in [2.45, 2.75) is 23.9 Å². The van der Waals surface area contributed by atoms with E-state index in [0.29, 0.717) is 10.8 Å². The molecule has 0 aromatic heterocycles. The molecule has 0 aliphatic heterocycles. The molecule has 0 fully saturated rings. The molecular formula is C14H9F6O4S-. The number of ether oxygens (including phenoxy) is 1. The summed E-state index contributed by atoms with van der Waals surface area (Å²) in [4.78, 5) is 0. The van der Waals surface area contributed by atoms with Gasteiger partial charge in [-0.15, -0.1) is 0 Å². The van der Waals surface area contributed by atoms with Gasteiger partial charge >= 0.3 is 17.3 Å². The Kier molecular flexibility index (Phi) is 4.79. The average molecular weight is 387 g/mol. The fourth-order valence-corrected chi connectivity index (χ4v) is 2.35. The van der Waals surface area contributed by atoms with Gasteiger partial charge in [0, 0.05) is 0 Å². The Balaban J connectivity index is 2.25. The van der Waals surface area contributed by atoms with Gasteiger partial charge in [-0.2, -0.15) is 26.3 Å². The van der Waals surface area contributed by atoms with Crippen LogP contribution < -0.4 is 0 Å². The van der Waals surface area contributed by atoms with Crippen LogP contribution in [0.4, 0.5) is 26.3 Å². The summed E-state index contributed by atoms with van der Waals surface area (Å²) in [7, 11) is -7.05. The Hall–Kier alpha value is -1.85. The first-order valence-electron chi connectivity index (χ1n) is 6.50. The first-order chi connectivity index (χ1) is 11.3. The summed E-state index contributed by atoms with van der Waals surface area (Å²) in [6, 6.07) is 10.6. The smallest absolute Gasteiger partial charge is 0.427 e. The summed E-state index contributed by atoms with van der Waals surface area (Å²) in [5.74, 6) is -6.56. The Morgan fingerprint density at radius 3 is 2.04 bits per heavy atom. The Bertz CT molecular complexity index is 882. The van der Waals surface area contributed by atoms with Crippen molar-refractivity contribution in [3.05, 3.63) is 48.0 Å². The van der Waals surface area contributed by atoms with Crippen molar-refractivity contribution < 1.29 is 44.0 Å². The Morgan fingerprint density at radius 1 is 0.920 bits per heavy atom. The molecule has 2 rings (SSSR count). The van der Waals surface area contributed by atoms with E-state index in [9.17, 15) is 39.3 Å². The maximum absolute atomic E-state index is 13.4. The lowest BCUT2D eigenvalue weighted by molar-refractivity contribution is -0.386. The largest absolute Gasteiger partial charge is 0.743 e. The minimum atomic E-state index is -7.05. The van der Waals surface area contributed by atoms with Crippen LogP contribution in [0.15, 0.2) is 42.5 Å². The first-order valence-corrected chi connectivity index (χ1v) is 7.91. The summed E-state index contributed by atoms with van der Waals surface area (Å²) >= 11 is 0. The van der Waals surface area contributed by atoms with E-state index in [4.69, 9.17) is 0 Å². The third-order valence-electron chi connectivity index (χ3n) is 3.28. The van der Waals surface area contributed by atoms with Crippen molar-refractivity contribution in [3.63, 3.8) is 0 Å². The van der Waals surface area contributed by atoms with Crippen molar-refractivity contribution in [3.8, 4) is 0 Å². The molecule has 25 heavy (non-hydrogen) atoms. The topological polar surface area (TPSA) is 66.4 Å². The lowest BCUT2D eigenvalue weighted by atomic mass is 10.1. The molecule has 138 valence electrons. The van der Waals surface area contributed by atoms with Gasteiger partial charge in [0.15, 0.2) is 10.1 Å². The molecule has 0 saturated heterocycles. The maximum Gasteiger partial charge on any atom is 0.427 e. The fourth-order valence-electron chi connectivity index (χ4n) is 1.92. The van der Waals surface area contributed by atoms with Crippen molar-refractivity contribution >= 4 is 20.9 Å². The molecule has 0 aliphatic carbocycles. The number of hydrogen-bond acceptors (Lipinski definition) is 4. The van der Waals surface area contributed by atoms with Crippen molar-refractivity contribution in [2.24, 2.45) is 0 Å². The molecule has 0 spiro atoms. The average Bonchev–Trinajstić information content (AvgIpc) is 2.51. The molecular weight excluding hydrogens is 378 g/mol. The highest BCUT2D eigenvalue weighted by Gasteiger charge is 2.76. The summed E-state index contributed by atoms with van der Waals surface area (Å²) in [5.41, 5.74) is -0.0533. The van der Waals surface area contributed by atoms with E-state index in [1.54, 1.807) is 24.3 Å². The van der Waals surface area contributed by atoms with Crippen LogP contribution in [-0.2, 0) is 21.5 Å². The van der Waals surface area contributed by atoms with Crippen LogP contribution in [0.3, 0.4) is 0 Å². The normalized spacial score (nSPS) is 14.0. The van der Waals surface area contributed by atoms with E-state index in [1.165, 1.54) is 18.2 Å². The molecule has 0 atom stereocenters. The number of alkyl halides is 6. The van der Waals surface area contributed by atoms with E-state index < -0.39 is 34.0 Å². The second-order valence-corrected chi connectivity index (χ2v) is 6.45. The number of benzene rings is 2. The lowest BCUT2D eigenvalue weighted by Gasteiger charge is -2.33. The van der Waals surface area contributed by atoms with Crippen LogP contribution >= 0.6 is 0 Å². The second-order valence-electron chi connectivity index (χ2n) is 5.03. The first kappa shape index (κ1) is 19.5. The van der Waals surface area contributed by atoms with Gasteiger partial charge in [0.2, 0.25) is 0 Å². The van der Waals surface area contributed by atoms with E-state index in [-0.39, 0.29) is 5.56 Å². The van der Waals surface area contributed by atoms with Gasteiger partial charge in [0.05, 0.1) is 6.61 Å². The van der Waals surface area contributed by atoms with Gasteiger partial charge in [0.25, 0.3) is 0 Å². The number of hydrogen-bond donors (Lipinski definition) is 0. The van der Waals surface area contributed by atoms with Crippen LogP contribution in [0.25, 0.3) is 10.8 Å². The molecule has 0 heterocycles. The van der Waals surface area contributed by atoms with Gasteiger partial charge in [0.1, 0.15) is 0 Å². The molecule has 2 aromatic carbocycles. The second kappa shape index (κ2) is 6.15. The van der Waals surface area contributed by atoms with Crippen LogP contribution in [0, 0.1) is 0 Å². The van der Waals surface area contributed by atoms with Crippen molar-refractivity contribution in [2.75, 3.05) is 0 Å². The molecule has 4 nitrogen and oxygen atoms in total. The Morgan fingerprint density at radius 2 is 1.48 bits per heavy atom. The molecule has 0 aliphatic rings. The zero-order valence-electron chi connectivity index (χ0n) is 12.1. The summed E-state index contributed by atoms with van der Waals surface area (Å²) in [6.07, 6.45) is -5.90. The zero-order valence-corrected chi connectivity index (χ0v) is 12.9. The highest BCUT2D eigenvalue weighted by Crippen LogP contribution is 2.48. The van der Waals surface area contributed by atoms with Crippen molar-refractivity contribution in [1.82, 2.24) is 0 Å². The van der Waals surface area contributed by atoms with Gasteiger partial charge in [-0.25, -0.2) is 8.42 Å². The summed E-state index contributed by atoms with van der Waals surface area (Å²) in [5, 5.41) is -5.30. The predicted molar refractivity (Wildman–Crippen MR) is 73.3 cm³/mol. The van der Waals surface area contributed by atoms with Gasteiger partial charge < -0.3 is 9.29 Å². The molecule has 0 N–H and O–H groups in total. The number of halogens is 6. The van der Waals surface area contributed by atoms with E-state index in [0.717, 1.165) is 0 Å². The van der Waals surface area contributed by atoms with E-state index in [2.05, 4.69) is 4.74 Å². The number of fused-ring (bicyclic) bond motifs is 1. The third kappa shape index (κ3) is 3.44. The molecule has 0 amide bonds. The van der Waals surface area contributed by atoms with Crippen LogP contribution in [-0.4, -0.2) is 30.3 Å². The molecule has 0 bridgehead atoms. The summed E-state index contributed by atoms with van der Waals surface area (Å²) in [6.45, 7) is -1.22. The molecule has 0 saturated carbocycles. The monoisotopic (exact) mass is 387 g/mol. The lowest BCUT2D eigenvalue weighted by Crippen LogP contribution is -2.58. The highest BCUT2D eigenvalue weighted by molar-refractivity contribution is 7.86. The SMILES string of the molecule is O=S(=O)([O-])C(F)(F)C(F)(F)C(F)(F)OCc1ccc2ccccc2c1. The Labute approximate surface area is 137 Å². The van der Waals surface area contributed by atoms with Crippen LogP contribution in [0.1, 0.15) is 5.56 Å². The molecule has 0 unspecified atom stereocenters. The fraction of sp³-hybridized carbons (Fsp3) is 0.286. The van der Waals surface area contributed by atoms with E-state index >= 15 is 0 Å². The minimum absolute atomic E-state index is 0.0533.